The van der Waals surface area contributed by atoms with Gasteiger partial charge in [-0.25, -0.2) is 0 Å². The first-order chi connectivity index (χ1) is 8.54. The van der Waals surface area contributed by atoms with Gasteiger partial charge in [-0.3, -0.25) is 9.59 Å². The van der Waals surface area contributed by atoms with Crippen molar-refractivity contribution in [2.24, 2.45) is 11.8 Å². The third-order valence-corrected chi connectivity index (χ3v) is 3.28. The van der Waals surface area contributed by atoms with Gasteiger partial charge in [0, 0.05) is 0 Å². The molecule has 4 heteroatoms. The molecule has 1 aliphatic rings. The molecular weight excluding hydrogens is 232 g/mol. The zero-order valence-corrected chi connectivity index (χ0v) is 10.7. The summed E-state index contributed by atoms with van der Waals surface area (Å²) in [7, 11) is 1.58. The summed E-state index contributed by atoms with van der Waals surface area (Å²) in [5, 5.41) is 0. The molecule has 2 atom stereocenters. The molecule has 2 rings (SSSR count). The molecule has 0 aromatic heterocycles. The average molecular weight is 248 g/mol. The van der Waals surface area contributed by atoms with E-state index in [1.165, 1.54) is 0 Å². The van der Waals surface area contributed by atoms with Gasteiger partial charge >= 0.3 is 11.9 Å². The Morgan fingerprint density at radius 2 is 1.72 bits per heavy atom. The molecule has 0 aliphatic carbocycles. The molecule has 4 nitrogen and oxygen atoms in total. The van der Waals surface area contributed by atoms with Crippen molar-refractivity contribution < 1.29 is 19.1 Å². The van der Waals surface area contributed by atoms with E-state index in [-0.39, 0.29) is 5.92 Å². The zero-order chi connectivity index (χ0) is 13.3. The lowest BCUT2D eigenvalue weighted by atomic mass is 9.81. The lowest BCUT2D eigenvalue weighted by molar-refractivity contribution is -0.153. The van der Waals surface area contributed by atoms with Gasteiger partial charge in [0.05, 0.1) is 18.9 Å². The summed E-state index contributed by atoms with van der Waals surface area (Å²) in [5.41, 5.74) is 0.797. The van der Waals surface area contributed by atoms with Crippen LogP contribution in [0.3, 0.4) is 0 Å². The third-order valence-electron chi connectivity index (χ3n) is 3.28. The molecule has 2 unspecified atom stereocenters. The van der Waals surface area contributed by atoms with E-state index in [0.29, 0.717) is 0 Å². The summed E-state index contributed by atoms with van der Waals surface area (Å²) in [4.78, 5) is 23.4. The molecule has 1 aromatic carbocycles. The lowest BCUT2D eigenvalue weighted by Crippen LogP contribution is -2.21. The van der Waals surface area contributed by atoms with Crippen LogP contribution in [0.25, 0.3) is 0 Å². The molecule has 0 N–H and O–H groups in total. The van der Waals surface area contributed by atoms with Crippen LogP contribution in [0.5, 0.6) is 5.75 Å². The van der Waals surface area contributed by atoms with Crippen LogP contribution in [0, 0.1) is 11.8 Å². The zero-order valence-electron chi connectivity index (χ0n) is 10.7. The Morgan fingerprint density at radius 1 is 1.11 bits per heavy atom. The standard InChI is InChI=1S/C14H16O4/c1-8(2)11-12(14(16)18-13(11)15)9-4-6-10(17-3)7-5-9/h4-8,11-12H,1-3H3. The fraction of sp³-hybridized carbons (Fsp3) is 0.429. The number of esters is 2. The molecule has 1 heterocycles. The smallest absolute Gasteiger partial charge is 0.321 e. The van der Waals surface area contributed by atoms with E-state index < -0.39 is 23.8 Å². The minimum atomic E-state index is -0.497. The van der Waals surface area contributed by atoms with Crippen LogP contribution >= 0.6 is 0 Å². The highest BCUT2D eigenvalue weighted by atomic mass is 16.6. The fourth-order valence-corrected chi connectivity index (χ4v) is 2.33. The van der Waals surface area contributed by atoms with Crippen molar-refractivity contribution >= 4 is 11.9 Å². The van der Waals surface area contributed by atoms with Crippen LogP contribution in [-0.2, 0) is 14.3 Å². The van der Waals surface area contributed by atoms with E-state index in [1.54, 1.807) is 31.4 Å². The van der Waals surface area contributed by atoms with E-state index >= 15 is 0 Å². The first kappa shape index (κ1) is 12.6. The van der Waals surface area contributed by atoms with Crippen LogP contribution in [0.2, 0.25) is 0 Å². The molecule has 0 bridgehead atoms. The molecule has 18 heavy (non-hydrogen) atoms. The van der Waals surface area contributed by atoms with Crippen LogP contribution < -0.4 is 4.74 Å². The predicted molar refractivity (Wildman–Crippen MR) is 65.2 cm³/mol. The molecule has 0 spiro atoms. The van der Waals surface area contributed by atoms with Crippen LogP contribution in [0.15, 0.2) is 24.3 Å². The van der Waals surface area contributed by atoms with Crippen molar-refractivity contribution in [2.75, 3.05) is 7.11 Å². The molecular formula is C14H16O4. The quantitative estimate of drug-likeness (QED) is 0.607. The van der Waals surface area contributed by atoms with Gasteiger partial charge in [-0.1, -0.05) is 26.0 Å². The van der Waals surface area contributed by atoms with Crippen LogP contribution in [-0.4, -0.2) is 19.0 Å². The number of benzene rings is 1. The minimum Gasteiger partial charge on any atom is -0.497 e. The van der Waals surface area contributed by atoms with Gasteiger partial charge in [0.15, 0.2) is 0 Å². The Balaban J connectivity index is 2.34. The van der Waals surface area contributed by atoms with Crippen LogP contribution in [0.1, 0.15) is 25.3 Å². The number of rotatable bonds is 3. The normalized spacial score (nSPS) is 23.3. The van der Waals surface area contributed by atoms with Crippen molar-refractivity contribution in [1.82, 2.24) is 0 Å². The second kappa shape index (κ2) is 4.80. The predicted octanol–water partition coefficient (Wildman–Crippen LogP) is 2.13. The van der Waals surface area contributed by atoms with E-state index in [9.17, 15) is 9.59 Å². The molecule has 1 aromatic rings. The van der Waals surface area contributed by atoms with Gasteiger partial charge in [0.1, 0.15) is 5.75 Å². The highest BCUT2D eigenvalue weighted by Crippen LogP contribution is 2.38. The maximum Gasteiger partial charge on any atom is 0.321 e. The molecule has 1 aliphatic heterocycles. The maximum absolute atomic E-state index is 11.8. The largest absolute Gasteiger partial charge is 0.497 e. The summed E-state index contributed by atoms with van der Waals surface area (Å²) in [6, 6.07) is 7.17. The van der Waals surface area contributed by atoms with E-state index in [0.717, 1.165) is 11.3 Å². The Hall–Kier alpha value is -1.84. The SMILES string of the molecule is COc1ccc(C2C(=O)OC(=O)C2C(C)C)cc1. The van der Waals surface area contributed by atoms with Gasteiger partial charge in [0.25, 0.3) is 0 Å². The number of cyclic esters (lactones) is 2. The molecule has 1 saturated heterocycles. The van der Waals surface area contributed by atoms with Crippen molar-refractivity contribution in [3.63, 3.8) is 0 Å². The van der Waals surface area contributed by atoms with Crippen molar-refractivity contribution in [3.8, 4) is 5.75 Å². The molecule has 0 saturated carbocycles. The molecule has 96 valence electrons. The summed E-state index contributed by atoms with van der Waals surface area (Å²) in [6.45, 7) is 3.84. The van der Waals surface area contributed by atoms with Gasteiger partial charge in [-0.15, -0.1) is 0 Å². The number of carbonyl (C=O) groups is 2. The summed E-state index contributed by atoms with van der Waals surface area (Å²) < 4.78 is 9.82. The van der Waals surface area contributed by atoms with E-state index in [4.69, 9.17) is 9.47 Å². The fourth-order valence-electron chi connectivity index (χ4n) is 2.33. The Morgan fingerprint density at radius 3 is 2.22 bits per heavy atom. The maximum atomic E-state index is 11.8. The highest BCUT2D eigenvalue weighted by molar-refractivity contribution is 5.99. The number of methoxy groups -OCH3 is 1. The van der Waals surface area contributed by atoms with Gasteiger partial charge < -0.3 is 9.47 Å². The monoisotopic (exact) mass is 248 g/mol. The summed E-state index contributed by atoms with van der Waals surface area (Å²) in [5.74, 6) is -0.984. The van der Waals surface area contributed by atoms with Gasteiger partial charge in [-0.05, 0) is 23.6 Å². The van der Waals surface area contributed by atoms with E-state index in [1.807, 2.05) is 13.8 Å². The minimum absolute atomic E-state index is 0.0658. The van der Waals surface area contributed by atoms with Crippen molar-refractivity contribution in [1.29, 1.82) is 0 Å². The molecule has 0 amide bonds. The Labute approximate surface area is 106 Å². The first-order valence-corrected chi connectivity index (χ1v) is 5.94. The van der Waals surface area contributed by atoms with Gasteiger partial charge in [0.2, 0.25) is 0 Å². The second-order valence-corrected chi connectivity index (χ2v) is 4.76. The lowest BCUT2D eigenvalue weighted by Gasteiger charge is -2.17. The topological polar surface area (TPSA) is 52.6 Å². The molecule has 1 fully saturated rings. The second-order valence-electron chi connectivity index (χ2n) is 4.76. The Kier molecular flexibility index (Phi) is 3.36. The summed E-state index contributed by atoms with van der Waals surface area (Å²) >= 11 is 0. The van der Waals surface area contributed by atoms with Gasteiger partial charge in [-0.2, -0.15) is 0 Å². The Bertz CT molecular complexity index is 461. The van der Waals surface area contributed by atoms with Crippen molar-refractivity contribution in [3.05, 3.63) is 29.8 Å². The number of hydrogen-bond donors (Lipinski definition) is 0. The van der Waals surface area contributed by atoms with Crippen LogP contribution in [0.4, 0.5) is 0 Å². The highest BCUT2D eigenvalue weighted by Gasteiger charge is 2.46. The average Bonchev–Trinajstić information content (AvgIpc) is 2.64. The first-order valence-electron chi connectivity index (χ1n) is 5.94. The number of hydrogen-bond acceptors (Lipinski definition) is 4. The molecule has 0 radical (unpaired) electrons. The number of ether oxygens (including phenoxy) is 2. The van der Waals surface area contributed by atoms with Crippen molar-refractivity contribution in [2.45, 2.75) is 19.8 Å². The summed E-state index contributed by atoms with van der Waals surface area (Å²) in [6.07, 6.45) is 0. The van der Waals surface area contributed by atoms with E-state index in [2.05, 4.69) is 0 Å². The number of carbonyl (C=O) groups excluding carboxylic acids is 2. The third kappa shape index (κ3) is 2.10.